The molecule has 10 heteroatoms. The van der Waals surface area contributed by atoms with Crippen molar-refractivity contribution in [3.8, 4) is 11.5 Å². The van der Waals surface area contributed by atoms with Crippen LogP contribution in [0.25, 0.3) is 0 Å². The molecule has 4 rings (SSSR count). The molecule has 0 fully saturated rings. The van der Waals surface area contributed by atoms with Crippen molar-refractivity contribution in [3.05, 3.63) is 75.4 Å². The highest BCUT2D eigenvalue weighted by molar-refractivity contribution is 7.89. The predicted octanol–water partition coefficient (Wildman–Crippen LogP) is 5.65. The summed E-state index contributed by atoms with van der Waals surface area (Å²) in [5.41, 5.74) is 1.04. The van der Waals surface area contributed by atoms with Crippen LogP contribution < -0.4 is 9.47 Å². The Balaban J connectivity index is 1.58. The van der Waals surface area contributed by atoms with Crippen molar-refractivity contribution in [1.82, 2.24) is 9.21 Å². The molecule has 0 saturated carbocycles. The van der Waals surface area contributed by atoms with Gasteiger partial charge in [0, 0.05) is 23.0 Å². The summed E-state index contributed by atoms with van der Waals surface area (Å²) >= 11 is 7.65. The third-order valence-corrected chi connectivity index (χ3v) is 9.71. The number of hydrogen-bond acceptors (Lipinski definition) is 6. The van der Waals surface area contributed by atoms with Gasteiger partial charge in [0.25, 0.3) is 0 Å². The second kappa shape index (κ2) is 12.5. The number of halogens is 1. The number of rotatable bonds is 11. The first-order valence-electron chi connectivity index (χ1n) is 12.6. The molecule has 1 aliphatic rings. The molecule has 0 bridgehead atoms. The molecule has 1 unspecified atom stereocenters. The van der Waals surface area contributed by atoms with Crippen LogP contribution in [0.2, 0.25) is 5.02 Å². The molecule has 0 N–H and O–H groups in total. The highest BCUT2D eigenvalue weighted by Crippen LogP contribution is 2.35. The molecule has 0 spiro atoms. The topological polar surface area (TPSA) is 76.2 Å². The number of carbonyl (C=O) groups excluding carboxylic acids is 1. The molecule has 7 nitrogen and oxygen atoms in total. The van der Waals surface area contributed by atoms with Crippen LogP contribution in [0.15, 0.2) is 64.9 Å². The highest BCUT2D eigenvalue weighted by atomic mass is 35.5. The second-order valence-electron chi connectivity index (χ2n) is 9.59. The van der Waals surface area contributed by atoms with Gasteiger partial charge in [-0.1, -0.05) is 37.6 Å². The van der Waals surface area contributed by atoms with Crippen LogP contribution in [0.1, 0.15) is 36.8 Å². The summed E-state index contributed by atoms with van der Waals surface area (Å²) in [5.74, 6) is 1.23. The Morgan fingerprint density at radius 1 is 1.13 bits per heavy atom. The molecule has 2 heterocycles. The molecular weight excluding hydrogens is 544 g/mol. The number of para-hydroxylation sites is 2. The van der Waals surface area contributed by atoms with Gasteiger partial charge in [0.05, 0.1) is 24.6 Å². The maximum Gasteiger partial charge on any atom is 0.243 e. The quantitative estimate of drug-likeness (QED) is 0.295. The molecular formula is C28H33ClN2O5S2. The van der Waals surface area contributed by atoms with Crippen molar-refractivity contribution >= 4 is 38.9 Å². The minimum Gasteiger partial charge on any atom is -0.493 e. The number of nitrogens with zero attached hydrogens (tertiary/aromatic N) is 2. The number of fused-ring (bicyclic) bond motifs is 1. The smallest absolute Gasteiger partial charge is 0.243 e. The summed E-state index contributed by atoms with van der Waals surface area (Å²) in [6, 6.07) is 15.1. The van der Waals surface area contributed by atoms with Gasteiger partial charge in [0.2, 0.25) is 15.9 Å². The van der Waals surface area contributed by atoms with E-state index in [1.807, 2.05) is 49.6 Å². The Kier molecular flexibility index (Phi) is 9.36. The van der Waals surface area contributed by atoms with Gasteiger partial charge in [-0.25, -0.2) is 8.42 Å². The molecule has 3 aromatic rings. The fourth-order valence-corrected chi connectivity index (χ4v) is 6.92. The van der Waals surface area contributed by atoms with E-state index in [1.54, 1.807) is 35.5 Å². The van der Waals surface area contributed by atoms with E-state index in [0.717, 1.165) is 12.0 Å². The zero-order valence-electron chi connectivity index (χ0n) is 21.8. The van der Waals surface area contributed by atoms with E-state index in [0.29, 0.717) is 29.5 Å². The van der Waals surface area contributed by atoms with E-state index in [-0.39, 0.29) is 42.5 Å². The van der Waals surface area contributed by atoms with Crippen LogP contribution in [-0.4, -0.2) is 56.9 Å². The van der Waals surface area contributed by atoms with Gasteiger partial charge in [0.15, 0.2) is 11.5 Å². The van der Waals surface area contributed by atoms with Crippen molar-refractivity contribution in [3.63, 3.8) is 0 Å². The van der Waals surface area contributed by atoms with E-state index in [2.05, 4.69) is 0 Å². The van der Waals surface area contributed by atoms with E-state index >= 15 is 0 Å². The van der Waals surface area contributed by atoms with Crippen LogP contribution in [0, 0.1) is 5.92 Å². The minimum absolute atomic E-state index is 0.119. The van der Waals surface area contributed by atoms with Crippen LogP contribution in [0.5, 0.6) is 11.5 Å². The number of hydrogen-bond donors (Lipinski definition) is 0. The average molecular weight is 577 g/mol. The fraction of sp³-hybridized carbons (Fsp3) is 0.393. The van der Waals surface area contributed by atoms with Crippen LogP contribution in [0.3, 0.4) is 0 Å². The monoisotopic (exact) mass is 576 g/mol. The van der Waals surface area contributed by atoms with E-state index in [4.69, 9.17) is 21.1 Å². The Bertz CT molecular complexity index is 1340. The molecule has 1 amide bonds. The fourth-order valence-electron chi connectivity index (χ4n) is 4.47. The lowest BCUT2D eigenvalue weighted by molar-refractivity contribution is -0.135. The van der Waals surface area contributed by atoms with Crippen LogP contribution >= 0.6 is 22.9 Å². The number of benzene rings is 2. The standard InChI is InChI=1S/C28H33ClN2O5S2/c1-20(2)12-15-30(38(33,34)22-10-8-21(29)9-11-22)18-28(32)31-16-13-27-23(14-17-37-27)24(31)19-36-26-7-5-4-6-25(26)35-3/h4-11,14,17,20,24H,12-13,15-16,18-19H2,1-3H3. The van der Waals surface area contributed by atoms with Gasteiger partial charge in [-0.3, -0.25) is 4.79 Å². The summed E-state index contributed by atoms with van der Waals surface area (Å²) in [4.78, 5) is 16.9. The number of ether oxygens (including phenoxy) is 2. The Hall–Kier alpha value is -2.59. The molecule has 2 aromatic carbocycles. The SMILES string of the molecule is COc1ccccc1OCC1c2ccsc2CCN1C(=O)CN(CCC(C)C)S(=O)(=O)c1ccc(Cl)cc1. The van der Waals surface area contributed by atoms with Gasteiger partial charge in [-0.2, -0.15) is 4.31 Å². The molecule has 38 heavy (non-hydrogen) atoms. The maximum atomic E-state index is 13.8. The minimum atomic E-state index is -3.90. The summed E-state index contributed by atoms with van der Waals surface area (Å²) < 4.78 is 40.0. The number of amides is 1. The zero-order chi connectivity index (χ0) is 27.3. The summed E-state index contributed by atoms with van der Waals surface area (Å²) in [5, 5.41) is 2.47. The third-order valence-electron chi connectivity index (χ3n) is 6.60. The van der Waals surface area contributed by atoms with Gasteiger partial charge in [0.1, 0.15) is 6.61 Å². The molecule has 204 valence electrons. The largest absolute Gasteiger partial charge is 0.493 e. The Labute approximate surface area is 234 Å². The van der Waals surface area contributed by atoms with Crippen LogP contribution in [0.4, 0.5) is 0 Å². The molecule has 1 aliphatic heterocycles. The van der Waals surface area contributed by atoms with Crippen molar-refractivity contribution in [1.29, 1.82) is 0 Å². The number of methoxy groups -OCH3 is 1. The van der Waals surface area contributed by atoms with Crippen molar-refractivity contribution in [2.75, 3.05) is 33.4 Å². The Morgan fingerprint density at radius 2 is 1.84 bits per heavy atom. The lowest BCUT2D eigenvalue weighted by atomic mass is 10.0. The number of carbonyl (C=O) groups is 1. The highest BCUT2D eigenvalue weighted by Gasteiger charge is 2.35. The molecule has 1 atom stereocenters. The number of sulfonamides is 1. The molecule has 0 aliphatic carbocycles. The Morgan fingerprint density at radius 3 is 2.53 bits per heavy atom. The zero-order valence-corrected chi connectivity index (χ0v) is 24.2. The van der Waals surface area contributed by atoms with Crippen molar-refractivity contribution < 1.29 is 22.7 Å². The predicted molar refractivity (Wildman–Crippen MR) is 151 cm³/mol. The van der Waals surface area contributed by atoms with Gasteiger partial charge < -0.3 is 14.4 Å². The lowest BCUT2D eigenvalue weighted by Crippen LogP contribution is -2.48. The van der Waals surface area contributed by atoms with Gasteiger partial charge >= 0.3 is 0 Å². The normalized spacial score (nSPS) is 15.5. The maximum absolute atomic E-state index is 13.8. The van der Waals surface area contributed by atoms with Crippen molar-refractivity contribution in [2.45, 2.75) is 37.6 Å². The molecule has 0 saturated heterocycles. The first kappa shape index (κ1) is 28.4. The molecule has 0 radical (unpaired) electrons. The van der Waals surface area contributed by atoms with Crippen LogP contribution in [-0.2, 0) is 21.2 Å². The van der Waals surface area contributed by atoms with Gasteiger partial charge in [-0.05, 0) is 72.2 Å². The van der Waals surface area contributed by atoms with E-state index in [1.165, 1.54) is 21.3 Å². The van der Waals surface area contributed by atoms with Crippen molar-refractivity contribution in [2.24, 2.45) is 5.92 Å². The van der Waals surface area contributed by atoms with Gasteiger partial charge in [-0.15, -0.1) is 11.3 Å². The van der Waals surface area contributed by atoms with E-state index in [9.17, 15) is 13.2 Å². The summed E-state index contributed by atoms with van der Waals surface area (Å²) in [6.45, 7) is 4.78. The first-order valence-corrected chi connectivity index (χ1v) is 15.3. The summed E-state index contributed by atoms with van der Waals surface area (Å²) in [6.07, 6.45) is 1.36. The van der Waals surface area contributed by atoms with E-state index < -0.39 is 10.0 Å². The summed E-state index contributed by atoms with van der Waals surface area (Å²) in [7, 11) is -2.31. The lowest BCUT2D eigenvalue weighted by Gasteiger charge is -2.37. The number of thiophene rings is 1. The second-order valence-corrected chi connectivity index (χ2v) is 13.0. The molecule has 1 aromatic heterocycles. The first-order chi connectivity index (χ1) is 18.2. The average Bonchev–Trinajstić information content (AvgIpc) is 3.39. The third kappa shape index (κ3) is 6.51.